The van der Waals surface area contributed by atoms with Gasteiger partial charge < -0.3 is 9.64 Å². The Kier molecular flexibility index (Phi) is 5.41. The average Bonchev–Trinajstić information content (AvgIpc) is 2.61. The highest BCUT2D eigenvalue weighted by Crippen LogP contribution is 2.17. The number of hydrogen-bond donors (Lipinski definition) is 0. The second-order valence-corrected chi connectivity index (χ2v) is 6.25. The first-order chi connectivity index (χ1) is 11.7. The third-order valence-corrected chi connectivity index (χ3v) is 4.27. The van der Waals surface area contributed by atoms with Gasteiger partial charge in [-0.2, -0.15) is 0 Å². The molecule has 0 saturated carbocycles. The Bertz CT molecular complexity index is 675. The van der Waals surface area contributed by atoms with Crippen LogP contribution in [0.5, 0.6) is 5.88 Å². The van der Waals surface area contributed by atoms with Crippen LogP contribution in [0.25, 0.3) is 0 Å². The highest BCUT2D eigenvalue weighted by Gasteiger charge is 2.24. The zero-order chi connectivity index (χ0) is 16.8. The van der Waals surface area contributed by atoms with Crippen molar-refractivity contribution in [1.82, 2.24) is 14.9 Å². The van der Waals surface area contributed by atoms with Gasteiger partial charge in [-0.15, -0.1) is 0 Å². The van der Waals surface area contributed by atoms with Crippen LogP contribution in [0.2, 0.25) is 0 Å². The van der Waals surface area contributed by atoms with E-state index in [1.54, 1.807) is 18.6 Å². The van der Waals surface area contributed by atoms with Gasteiger partial charge in [-0.3, -0.25) is 9.78 Å². The topological polar surface area (TPSA) is 55.3 Å². The van der Waals surface area contributed by atoms with E-state index < -0.39 is 0 Å². The number of aromatic nitrogens is 2. The number of carbonyl (C=O) groups excluding carboxylic acids is 1. The largest absolute Gasteiger partial charge is 0.471 e. The number of benzene rings is 1. The lowest BCUT2D eigenvalue weighted by atomic mass is 10.0. The molecule has 0 N–H and O–H groups in total. The molecule has 0 aliphatic carbocycles. The van der Waals surface area contributed by atoms with E-state index in [0.717, 1.165) is 25.8 Å². The van der Waals surface area contributed by atoms with Crippen LogP contribution >= 0.6 is 0 Å². The second-order valence-electron chi connectivity index (χ2n) is 6.25. The number of likely N-dealkylation sites (tertiary alicyclic amines) is 1. The monoisotopic (exact) mass is 325 g/mol. The van der Waals surface area contributed by atoms with Crippen molar-refractivity contribution in [3.8, 4) is 5.88 Å². The summed E-state index contributed by atoms with van der Waals surface area (Å²) < 4.78 is 5.85. The van der Waals surface area contributed by atoms with Crippen LogP contribution in [0, 0.1) is 6.92 Å². The SMILES string of the molecule is Cc1cccc(CCC(=O)N2CCC[C@@H](Oc3cnccn3)C2)c1. The summed E-state index contributed by atoms with van der Waals surface area (Å²) >= 11 is 0. The van der Waals surface area contributed by atoms with E-state index in [1.807, 2.05) is 11.0 Å². The summed E-state index contributed by atoms with van der Waals surface area (Å²) in [6, 6.07) is 8.34. The van der Waals surface area contributed by atoms with Gasteiger partial charge in [0, 0.05) is 25.4 Å². The first-order valence-corrected chi connectivity index (χ1v) is 8.47. The first-order valence-electron chi connectivity index (χ1n) is 8.47. The first kappa shape index (κ1) is 16.4. The van der Waals surface area contributed by atoms with Gasteiger partial charge in [0.1, 0.15) is 6.10 Å². The maximum absolute atomic E-state index is 12.5. The fourth-order valence-electron chi connectivity index (χ4n) is 3.05. The third-order valence-electron chi connectivity index (χ3n) is 4.27. The summed E-state index contributed by atoms with van der Waals surface area (Å²) in [6.07, 6.45) is 8.07. The van der Waals surface area contributed by atoms with Gasteiger partial charge in [0.15, 0.2) is 0 Å². The number of rotatable bonds is 5. The minimum absolute atomic E-state index is 0.00151. The summed E-state index contributed by atoms with van der Waals surface area (Å²) in [5.74, 6) is 0.723. The summed E-state index contributed by atoms with van der Waals surface area (Å²) in [7, 11) is 0. The number of carbonyl (C=O) groups is 1. The highest BCUT2D eigenvalue weighted by molar-refractivity contribution is 5.76. The summed E-state index contributed by atoms with van der Waals surface area (Å²) in [5, 5.41) is 0. The van der Waals surface area contributed by atoms with Gasteiger partial charge in [0.05, 0.1) is 12.7 Å². The molecule has 5 nitrogen and oxygen atoms in total. The zero-order valence-corrected chi connectivity index (χ0v) is 14.0. The second kappa shape index (κ2) is 7.90. The van der Waals surface area contributed by atoms with E-state index in [-0.39, 0.29) is 12.0 Å². The fraction of sp³-hybridized carbons (Fsp3) is 0.421. The Morgan fingerprint density at radius 1 is 1.38 bits per heavy atom. The standard InChI is InChI=1S/C19H23N3O2/c1-15-4-2-5-16(12-15)7-8-19(23)22-11-3-6-17(14-22)24-18-13-20-9-10-21-18/h2,4-5,9-10,12-13,17H,3,6-8,11,14H2,1H3/t17-/m1/s1. The fourth-order valence-corrected chi connectivity index (χ4v) is 3.05. The molecule has 1 fully saturated rings. The summed E-state index contributed by atoms with van der Waals surface area (Å²) in [6.45, 7) is 3.51. The molecular formula is C19H23N3O2. The highest BCUT2D eigenvalue weighted by atomic mass is 16.5. The number of ether oxygens (including phenoxy) is 1. The molecule has 1 aliphatic rings. The predicted molar refractivity (Wildman–Crippen MR) is 91.8 cm³/mol. The van der Waals surface area contributed by atoms with Crippen LogP contribution in [0.15, 0.2) is 42.9 Å². The maximum atomic E-state index is 12.5. The van der Waals surface area contributed by atoms with Crippen LogP contribution in [-0.2, 0) is 11.2 Å². The van der Waals surface area contributed by atoms with Gasteiger partial charge in [-0.1, -0.05) is 29.8 Å². The van der Waals surface area contributed by atoms with Gasteiger partial charge >= 0.3 is 0 Å². The molecule has 1 aromatic carbocycles. The Morgan fingerprint density at radius 3 is 3.08 bits per heavy atom. The predicted octanol–water partition coefficient (Wildman–Crippen LogP) is 2.79. The quantitative estimate of drug-likeness (QED) is 0.848. The van der Waals surface area contributed by atoms with Crippen molar-refractivity contribution in [2.75, 3.05) is 13.1 Å². The Morgan fingerprint density at radius 2 is 2.29 bits per heavy atom. The van der Waals surface area contributed by atoms with E-state index in [2.05, 4.69) is 35.1 Å². The Balaban J connectivity index is 1.51. The number of piperidine rings is 1. The zero-order valence-electron chi connectivity index (χ0n) is 14.0. The molecule has 0 radical (unpaired) electrons. The molecular weight excluding hydrogens is 302 g/mol. The number of hydrogen-bond acceptors (Lipinski definition) is 4. The van der Waals surface area contributed by atoms with Crippen LogP contribution < -0.4 is 4.74 Å². The van der Waals surface area contributed by atoms with E-state index >= 15 is 0 Å². The summed E-state index contributed by atoms with van der Waals surface area (Å²) in [4.78, 5) is 22.6. The normalized spacial score (nSPS) is 17.5. The van der Waals surface area contributed by atoms with Gasteiger partial charge in [-0.25, -0.2) is 4.98 Å². The number of aryl methyl sites for hydroxylation is 2. The van der Waals surface area contributed by atoms with Crippen LogP contribution in [0.3, 0.4) is 0 Å². The van der Waals surface area contributed by atoms with Crippen molar-refractivity contribution in [3.63, 3.8) is 0 Å². The van der Waals surface area contributed by atoms with Crippen molar-refractivity contribution in [1.29, 1.82) is 0 Å². The van der Waals surface area contributed by atoms with Crippen molar-refractivity contribution in [3.05, 3.63) is 54.0 Å². The minimum Gasteiger partial charge on any atom is -0.471 e. The molecule has 24 heavy (non-hydrogen) atoms. The molecule has 1 atom stereocenters. The van der Waals surface area contributed by atoms with E-state index in [0.29, 0.717) is 18.8 Å². The van der Waals surface area contributed by atoms with E-state index in [1.165, 1.54) is 11.1 Å². The lowest BCUT2D eigenvalue weighted by molar-refractivity contribution is -0.133. The third kappa shape index (κ3) is 4.54. The maximum Gasteiger partial charge on any atom is 0.232 e. The molecule has 0 spiro atoms. The minimum atomic E-state index is -0.00151. The lowest BCUT2D eigenvalue weighted by Crippen LogP contribution is -2.44. The number of amides is 1. The molecule has 126 valence electrons. The molecule has 1 saturated heterocycles. The Hall–Kier alpha value is -2.43. The van der Waals surface area contributed by atoms with E-state index in [9.17, 15) is 4.79 Å². The van der Waals surface area contributed by atoms with Crippen LogP contribution in [0.4, 0.5) is 0 Å². The lowest BCUT2D eigenvalue weighted by Gasteiger charge is -2.32. The van der Waals surface area contributed by atoms with Crippen LogP contribution in [0.1, 0.15) is 30.4 Å². The number of nitrogens with zero attached hydrogens (tertiary/aromatic N) is 3. The summed E-state index contributed by atoms with van der Waals surface area (Å²) in [5.41, 5.74) is 2.45. The van der Waals surface area contributed by atoms with E-state index in [4.69, 9.17) is 4.74 Å². The van der Waals surface area contributed by atoms with Crippen molar-refractivity contribution in [2.45, 2.75) is 38.7 Å². The van der Waals surface area contributed by atoms with Crippen molar-refractivity contribution in [2.24, 2.45) is 0 Å². The molecule has 2 aromatic rings. The van der Waals surface area contributed by atoms with Crippen molar-refractivity contribution >= 4 is 5.91 Å². The molecule has 1 aliphatic heterocycles. The smallest absolute Gasteiger partial charge is 0.232 e. The molecule has 1 amide bonds. The molecule has 5 heteroatoms. The molecule has 1 aromatic heterocycles. The Labute approximate surface area is 142 Å². The van der Waals surface area contributed by atoms with Gasteiger partial charge in [0.25, 0.3) is 0 Å². The van der Waals surface area contributed by atoms with Gasteiger partial charge in [0.2, 0.25) is 11.8 Å². The molecule has 0 unspecified atom stereocenters. The molecule has 3 rings (SSSR count). The molecule has 2 heterocycles. The van der Waals surface area contributed by atoms with Gasteiger partial charge in [-0.05, 0) is 31.7 Å². The van der Waals surface area contributed by atoms with Crippen LogP contribution in [-0.4, -0.2) is 40.0 Å². The molecule has 0 bridgehead atoms. The van der Waals surface area contributed by atoms with Crippen molar-refractivity contribution < 1.29 is 9.53 Å². The average molecular weight is 325 g/mol.